The normalized spacial score (nSPS) is 19.7. The average Bonchev–Trinajstić information content (AvgIpc) is 3.91. The fraction of sp³-hybridized carbons (Fsp3) is 0.711. The maximum Gasteiger partial charge on any atom is 0.410 e. The molecule has 3 aromatic heterocycles. The van der Waals surface area contributed by atoms with Crippen LogP contribution in [0.25, 0.3) is 0 Å². The van der Waals surface area contributed by atoms with Gasteiger partial charge in [0, 0.05) is 81.8 Å². The second kappa shape index (κ2) is 21.9. The topological polar surface area (TPSA) is 123 Å². The molecule has 2 atom stereocenters. The highest BCUT2D eigenvalue weighted by Gasteiger charge is 2.28. The van der Waals surface area contributed by atoms with Gasteiger partial charge in [-0.15, -0.1) is 0 Å². The van der Waals surface area contributed by atoms with Crippen molar-refractivity contribution in [1.29, 1.82) is 0 Å². The molecule has 2 saturated heterocycles. The zero-order valence-electron chi connectivity index (χ0n) is 31.9. The Labute approximate surface area is 314 Å². The molecule has 3 fully saturated rings. The van der Waals surface area contributed by atoms with Gasteiger partial charge in [0.15, 0.2) is 0 Å². The molecular weight excluding hydrogens is 712 g/mol. The van der Waals surface area contributed by atoms with Gasteiger partial charge in [-0.2, -0.15) is 15.3 Å². The third-order valence-electron chi connectivity index (χ3n) is 8.70. The Kier molecular flexibility index (Phi) is 18.1. The van der Waals surface area contributed by atoms with Crippen molar-refractivity contribution in [2.75, 3.05) is 31.5 Å². The number of H-pyrrole nitrogens is 1. The molecular formula is C38H63BrN8O4. The highest BCUT2D eigenvalue weighted by Crippen LogP contribution is 2.25. The van der Waals surface area contributed by atoms with Crippen molar-refractivity contribution >= 4 is 28.1 Å². The third kappa shape index (κ3) is 18.1. The Hall–Kier alpha value is -3.35. The molecule has 0 aromatic carbocycles. The van der Waals surface area contributed by atoms with Crippen LogP contribution in [0.4, 0.5) is 9.59 Å². The lowest BCUT2D eigenvalue weighted by molar-refractivity contribution is 0.0152. The number of carbonyl (C=O) groups is 2. The Morgan fingerprint density at radius 1 is 0.686 bits per heavy atom. The molecule has 1 N–H and O–H groups in total. The van der Waals surface area contributed by atoms with Crippen LogP contribution in [0.5, 0.6) is 0 Å². The highest BCUT2D eigenvalue weighted by atomic mass is 79.9. The number of aromatic amines is 1. The van der Waals surface area contributed by atoms with Crippen LogP contribution in [0.3, 0.4) is 0 Å². The summed E-state index contributed by atoms with van der Waals surface area (Å²) < 4.78 is 14.8. The van der Waals surface area contributed by atoms with Crippen molar-refractivity contribution < 1.29 is 19.1 Å². The van der Waals surface area contributed by atoms with E-state index in [1.165, 1.54) is 38.5 Å². The van der Waals surface area contributed by atoms with E-state index in [1.54, 1.807) is 18.6 Å². The van der Waals surface area contributed by atoms with Crippen LogP contribution in [0, 0.1) is 17.8 Å². The summed E-state index contributed by atoms with van der Waals surface area (Å²) in [5.74, 6) is 1.92. The molecule has 5 heterocycles. The van der Waals surface area contributed by atoms with E-state index >= 15 is 0 Å². The molecule has 51 heavy (non-hydrogen) atoms. The number of nitrogens with one attached hydrogen (secondary N) is 1. The van der Waals surface area contributed by atoms with Gasteiger partial charge in [-0.1, -0.05) is 35.2 Å². The largest absolute Gasteiger partial charge is 0.444 e. The molecule has 2 amide bonds. The first-order chi connectivity index (χ1) is 24.3. The molecule has 0 spiro atoms. The number of nitrogens with zero attached hydrogens (tertiary/aromatic N) is 7. The number of hydrogen-bond acceptors (Lipinski definition) is 7. The van der Waals surface area contributed by atoms with Crippen molar-refractivity contribution in [3.05, 3.63) is 55.4 Å². The van der Waals surface area contributed by atoms with Crippen LogP contribution < -0.4 is 0 Å². The Morgan fingerprint density at radius 3 is 1.59 bits per heavy atom. The van der Waals surface area contributed by atoms with Crippen molar-refractivity contribution in [2.45, 2.75) is 124 Å². The number of halogens is 1. The zero-order valence-corrected chi connectivity index (χ0v) is 33.5. The van der Waals surface area contributed by atoms with Gasteiger partial charge >= 0.3 is 12.2 Å². The van der Waals surface area contributed by atoms with E-state index in [0.717, 1.165) is 69.8 Å². The lowest BCUT2D eigenvalue weighted by atomic mass is 9.89. The van der Waals surface area contributed by atoms with Crippen molar-refractivity contribution in [3.8, 4) is 0 Å². The number of ether oxygens (including phenoxy) is 2. The van der Waals surface area contributed by atoms with Crippen LogP contribution >= 0.6 is 15.9 Å². The van der Waals surface area contributed by atoms with Gasteiger partial charge in [0.05, 0.1) is 0 Å². The van der Waals surface area contributed by atoms with Gasteiger partial charge in [0.1, 0.15) is 11.2 Å². The fourth-order valence-corrected chi connectivity index (χ4v) is 6.85. The van der Waals surface area contributed by atoms with Crippen LogP contribution in [0.2, 0.25) is 0 Å². The number of likely N-dealkylation sites (tertiary alicyclic amines) is 2. The van der Waals surface area contributed by atoms with Crippen LogP contribution in [0.1, 0.15) is 99.3 Å². The number of piperidine rings is 2. The summed E-state index contributed by atoms with van der Waals surface area (Å²) in [7, 11) is 0. The van der Waals surface area contributed by atoms with Crippen LogP contribution in [0.15, 0.2) is 55.4 Å². The maximum absolute atomic E-state index is 12.0. The molecule has 12 nitrogen and oxygen atoms in total. The highest BCUT2D eigenvalue weighted by molar-refractivity contribution is 9.09. The first kappa shape index (κ1) is 42.1. The van der Waals surface area contributed by atoms with Gasteiger partial charge in [-0.3, -0.25) is 14.5 Å². The first-order valence-corrected chi connectivity index (χ1v) is 19.8. The van der Waals surface area contributed by atoms with E-state index < -0.39 is 11.2 Å². The van der Waals surface area contributed by atoms with Crippen molar-refractivity contribution in [3.63, 3.8) is 0 Å². The predicted molar refractivity (Wildman–Crippen MR) is 204 cm³/mol. The molecule has 2 aliphatic heterocycles. The smallest absolute Gasteiger partial charge is 0.410 e. The Balaban J connectivity index is 0.000000197. The van der Waals surface area contributed by atoms with E-state index in [4.69, 9.17) is 9.47 Å². The van der Waals surface area contributed by atoms with E-state index in [0.29, 0.717) is 11.8 Å². The molecule has 1 aliphatic carbocycles. The minimum absolute atomic E-state index is 0.173. The van der Waals surface area contributed by atoms with Gasteiger partial charge < -0.3 is 19.3 Å². The standard InChI is InChI=1S/C14H23N3O2.C11H20BrNO2.C10H16N2.C3H4N2/c1-14(2,3)19-13(18)16-8-4-6-12(10-16)11-17-9-5-7-15-17;1-11(2,3)15-10(14)13-6-4-5-9(7-12)8-13;1-2-5-10(6-3-1)9-12-8-4-7-11-12;1-2-4-5-3-1/h5,7,9,12H,4,6,8,10-11H2,1-3H3;9H,4-8H2,1-3H3;4,7-8,10H,1-3,5-6,9H2;1-3H,(H,4,5). The molecule has 0 radical (unpaired) electrons. The van der Waals surface area contributed by atoms with E-state index in [-0.39, 0.29) is 12.2 Å². The number of carbonyl (C=O) groups excluding carboxylic acids is 2. The lowest BCUT2D eigenvalue weighted by Gasteiger charge is -2.34. The molecule has 13 heteroatoms. The van der Waals surface area contributed by atoms with Gasteiger partial charge in [0.2, 0.25) is 0 Å². The van der Waals surface area contributed by atoms with Crippen LogP contribution in [-0.2, 0) is 22.6 Å². The summed E-state index contributed by atoms with van der Waals surface area (Å²) in [4.78, 5) is 27.4. The molecule has 2 unspecified atom stereocenters. The SMILES string of the molecule is CC(C)(C)OC(=O)N1CCCC(CBr)C1.CC(C)(C)OC(=O)N1CCCC(Cn2cccn2)C1.c1cn[nH]c1.c1cnn(CC2CCCCC2)c1. The Bertz CT molecular complexity index is 1300. The number of hydrogen-bond donors (Lipinski definition) is 1. The van der Waals surface area contributed by atoms with Gasteiger partial charge in [-0.25, -0.2) is 9.59 Å². The summed E-state index contributed by atoms with van der Waals surface area (Å²) in [6, 6.07) is 5.76. The number of rotatable bonds is 5. The van der Waals surface area contributed by atoms with Gasteiger partial charge in [0.25, 0.3) is 0 Å². The van der Waals surface area contributed by atoms with E-state index in [1.807, 2.05) is 86.6 Å². The third-order valence-corrected chi connectivity index (χ3v) is 9.61. The summed E-state index contributed by atoms with van der Waals surface area (Å²) >= 11 is 3.47. The molecule has 3 aromatic rings. The second-order valence-corrected chi connectivity index (χ2v) is 16.4. The van der Waals surface area contributed by atoms with Gasteiger partial charge in [-0.05, 0) is 116 Å². The summed E-state index contributed by atoms with van der Waals surface area (Å²) in [5.41, 5.74) is -0.815. The molecule has 1 saturated carbocycles. The first-order valence-electron chi connectivity index (χ1n) is 18.7. The fourth-order valence-electron chi connectivity index (χ4n) is 6.32. The number of alkyl halides is 1. The minimum atomic E-state index is -0.425. The summed E-state index contributed by atoms with van der Waals surface area (Å²) in [5, 5.41) is 15.6. The second-order valence-electron chi connectivity index (χ2n) is 15.8. The van der Waals surface area contributed by atoms with E-state index in [9.17, 15) is 9.59 Å². The van der Waals surface area contributed by atoms with Crippen LogP contribution in [-0.4, -0.2) is 94.5 Å². The van der Waals surface area contributed by atoms with E-state index in [2.05, 4.69) is 47.2 Å². The van der Waals surface area contributed by atoms with Crippen molar-refractivity contribution in [1.82, 2.24) is 39.6 Å². The Morgan fingerprint density at radius 2 is 1.18 bits per heavy atom. The molecule has 286 valence electrons. The molecule has 6 rings (SSSR count). The minimum Gasteiger partial charge on any atom is -0.444 e. The maximum atomic E-state index is 12.0. The summed E-state index contributed by atoms with van der Waals surface area (Å²) in [6.45, 7) is 16.6. The molecule has 3 aliphatic rings. The average molecular weight is 776 g/mol. The zero-order chi connectivity index (χ0) is 37.1. The quantitative estimate of drug-likeness (QED) is 0.258. The van der Waals surface area contributed by atoms with Crippen molar-refractivity contribution in [2.24, 2.45) is 17.8 Å². The lowest BCUT2D eigenvalue weighted by Crippen LogP contribution is -2.43. The molecule has 0 bridgehead atoms. The summed E-state index contributed by atoms with van der Waals surface area (Å²) in [6.07, 6.45) is 22.3. The number of aromatic nitrogens is 6. The predicted octanol–water partition coefficient (Wildman–Crippen LogP) is 8.43. The number of amides is 2. The monoisotopic (exact) mass is 774 g/mol.